The van der Waals surface area contributed by atoms with Crippen molar-refractivity contribution in [2.75, 3.05) is 6.61 Å². The van der Waals surface area contributed by atoms with Gasteiger partial charge in [0, 0.05) is 5.41 Å². The predicted molar refractivity (Wildman–Crippen MR) is 184 cm³/mol. The lowest BCUT2D eigenvalue weighted by atomic mass is 9.76. The second kappa shape index (κ2) is 19.3. The summed E-state index contributed by atoms with van der Waals surface area (Å²) in [6.45, 7) is 36.4. The molecule has 0 aliphatic carbocycles. The van der Waals surface area contributed by atoms with Gasteiger partial charge in [-0.15, -0.1) is 0 Å². The molecule has 0 atom stereocenters. The van der Waals surface area contributed by atoms with Crippen LogP contribution < -0.4 is 0 Å². The van der Waals surface area contributed by atoms with Gasteiger partial charge in [0.2, 0.25) is 9.84 Å². The summed E-state index contributed by atoms with van der Waals surface area (Å²) in [6.07, 6.45) is 24.2. The van der Waals surface area contributed by atoms with E-state index in [1.807, 2.05) is 39.0 Å². The number of aliphatic hydroxyl groups is 1. The molecule has 0 saturated carbocycles. The normalized spacial score (nSPS) is 14.8. The molecule has 0 amide bonds. The highest BCUT2D eigenvalue weighted by Crippen LogP contribution is 2.36. The Balaban J connectivity index is 6.53. The van der Waals surface area contributed by atoms with Crippen molar-refractivity contribution < 1.29 is 23.0 Å². The third-order valence-corrected chi connectivity index (χ3v) is 7.80. The summed E-state index contributed by atoms with van der Waals surface area (Å²) in [6, 6.07) is 0. The molecule has 43 heavy (non-hydrogen) atoms. The zero-order chi connectivity index (χ0) is 33.1. The number of hydrogen-bond acceptors (Lipinski definition) is 5. The summed E-state index contributed by atoms with van der Waals surface area (Å²) in [5.74, 6) is 1.09. The maximum atomic E-state index is 13.1. The Morgan fingerprint density at radius 2 is 1.02 bits per heavy atom. The van der Waals surface area contributed by atoms with E-state index >= 15 is 0 Å². The molecule has 0 aromatic rings. The molecule has 0 aliphatic heterocycles. The largest absolute Gasteiger partial charge is 0.508 e. The standard InChI is InChI=1S/C37H44O5S/c1-12-29(21-24-32(15-4)41-20-9)37(10,11)30(13-2)22-25-33(16-5)42-34(17-6)26-28-36(19-8)43(39,40)35(18-7)27-23-31(38)14-3/h12-19,21-28,38H,1-8,20H2,9-11H3/b29-21+,30-22+,31-23+,32-24+,33-25+,34-26+,35-27+,36-28+. The zero-order valence-electron chi connectivity index (χ0n) is 25.6. The molecule has 0 saturated heterocycles. The minimum Gasteiger partial charge on any atom is -0.508 e. The van der Waals surface area contributed by atoms with Gasteiger partial charge in [0.05, 0.1) is 16.4 Å². The Bertz CT molecular complexity index is 1460. The van der Waals surface area contributed by atoms with Crippen molar-refractivity contribution in [2.24, 2.45) is 5.41 Å². The van der Waals surface area contributed by atoms with Gasteiger partial charge in [-0.2, -0.15) is 0 Å². The molecule has 0 aromatic carbocycles. The number of sulfone groups is 1. The van der Waals surface area contributed by atoms with E-state index in [-0.39, 0.29) is 21.3 Å². The van der Waals surface area contributed by atoms with E-state index in [9.17, 15) is 13.5 Å². The number of rotatable bonds is 20. The van der Waals surface area contributed by atoms with Crippen molar-refractivity contribution in [2.45, 2.75) is 20.8 Å². The van der Waals surface area contributed by atoms with E-state index in [1.165, 1.54) is 54.7 Å². The van der Waals surface area contributed by atoms with Gasteiger partial charge in [-0.3, -0.25) is 0 Å². The Kier molecular flexibility index (Phi) is 17.2. The van der Waals surface area contributed by atoms with Crippen LogP contribution in [0.15, 0.2) is 194 Å². The van der Waals surface area contributed by atoms with Crippen molar-refractivity contribution in [1.29, 1.82) is 0 Å². The van der Waals surface area contributed by atoms with E-state index in [4.69, 9.17) is 9.47 Å². The Labute approximate surface area is 258 Å². The van der Waals surface area contributed by atoms with Gasteiger partial charge >= 0.3 is 0 Å². The summed E-state index contributed by atoms with van der Waals surface area (Å²) < 4.78 is 37.7. The van der Waals surface area contributed by atoms with Gasteiger partial charge in [-0.1, -0.05) is 103 Å². The summed E-state index contributed by atoms with van der Waals surface area (Å²) in [4.78, 5) is -0.255. The highest BCUT2D eigenvalue weighted by Gasteiger charge is 2.24. The fraction of sp³-hybridized carbons (Fsp3) is 0.135. The molecule has 5 nitrogen and oxygen atoms in total. The van der Waals surface area contributed by atoms with Crippen LogP contribution in [0.4, 0.5) is 0 Å². The van der Waals surface area contributed by atoms with E-state index < -0.39 is 15.3 Å². The van der Waals surface area contributed by atoms with E-state index in [1.54, 1.807) is 24.3 Å². The van der Waals surface area contributed by atoms with Crippen LogP contribution >= 0.6 is 0 Å². The summed E-state index contributed by atoms with van der Waals surface area (Å²) in [5, 5.41) is 9.59. The topological polar surface area (TPSA) is 72.8 Å². The van der Waals surface area contributed by atoms with Crippen LogP contribution in [-0.4, -0.2) is 20.1 Å². The highest BCUT2D eigenvalue weighted by atomic mass is 32.2. The van der Waals surface area contributed by atoms with Crippen LogP contribution in [-0.2, 0) is 19.3 Å². The average molecular weight is 601 g/mol. The van der Waals surface area contributed by atoms with Crippen molar-refractivity contribution in [3.63, 3.8) is 0 Å². The molecule has 0 rings (SSSR count). The smallest absolute Gasteiger partial charge is 0.206 e. The van der Waals surface area contributed by atoms with Gasteiger partial charge in [0.25, 0.3) is 0 Å². The summed E-state index contributed by atoms with van der Waals surface area (Å²) in [5.41, 5.74) is 1.31. The molecule has 6 heteroatoms. The third-order valence-electron chi connectivity index (χ3n) is 5.95. The van der Waals surface area contributed by atoms with E-state index in [0.717, 1.165) is 11.1 Å². The number of allylic oxidation sites excluding steroid dienone is 18. The highest BCUT2D eigenvalue weighted by molar-refractivity contribution is 7.99. The van der Waals surface area contributed by atoms with Gasteiger partial charge in [0.15, 0.2) is 0 Å². The lowest BCUT2D eigenvalue weighted by Gasteiger charge is -2.28. The lowest BCUT2D eigenvalue weighted by Crippen LogP contribution is -2.16. The van der Waals surface area contributed by atoms with Gasteiger partial charge < -0.3 is 14.6 Å². The fourth-order valence-corrected chi connectivity index (χ4v) is 4.61. The van der Waals surface area contributed by atoms with Crippen molar-refractivity contribution in [3.05, 3.63) is 194 Å². The Morgan fingerprint density at radius 3 is 1.40 bits per heavy atom. The first-order chi connectivity index (χ1) is 20.4. The number of ether oxygens (including phenoxy) is 2. The fourth-order valence-electron chi connectivity index (χ4n) is 3.41. The van der Waals surface area contributed by atoms with Crippen LogP contribution in [0.25, 0.3) is 0 Å². The molecule has 228 valence electrons. The zero-order valence-corrected chi connectivity index (χ0v) is 26.4. The van der Waals surface area contributed by atoms with Crippen molar-refractivity contribution in [1.82, 2.24) is 0 Å². The van der Waals surface area contributed by atoms with Gasteiger partial charge in [0.1, 0.15) is 23.0 Å². The molecule has 0 bridgehead atoms. The molecular formula is C37H44O5S. The molecule has 1 N–H and O–H groups in total. The first kappa shape index (κ1) is 38.2. The molecule has 0 radical (unpaired) electrons. The van der Waals surface area contributed by atoms with Crippen molar-refractivity contribution in [3.8, 4) is 0 Å². The molecular weight excluding hydrogens is 556 g/mol. The Hall–Kier alpha value is -4.81. The van der Waals surface area contributed by atoms with Crippen molar-refractivity contribution >= 4 is 9.84 Å². The van der Waals surface area contributed by atoms with Crippen LogP contribution in [0.1, 0.15) is 20.8 Å². The van der Waals surface area contributed by atoms with E-state index in [0.29, 0.717) is 18.1 Å². The first-order valence-electron chi connectivity index (χ1n) is 13.3. The SMILES string of the molecule is C=C/C(O)=C\C=C(/C=C)S(=O)(=O)/C(C=C)=C/C=C(\C=C)O/C(C=C)=C/C=C(\C=C)C(C)(C)/C(C=C)=C/C=C(\C=C)OCC. The second-order valence-corrected chi connectivity index (χ2v) is 10.9. The maximum Gasteiger partial charge on any atom is 0.206 e. The minimum absolute atomic E-state index is 0.116. The molecule has 0 aromatic heterocycles. The predicted octanol–water partition coefficient (Wildman–Crippen LogP) is 9.68. The van der Waals surface area contributed by atoms with Crippen LogP contribution in [0, 0.1) is 5.41 Å². The van der Waals surface area contributed by atoms with Gasteiger partial charge in [-0.25, -0.2) is 8.42 Å². The molecule has 0 unspecified atom stereocenters. The monoisotopic (exact) mass is 600 g/mol. The van der Waals surface area contributed by atoms with Crippen LogP contribution in [0.5, 0.6) is 0 Å². The van der Waals surface area contributed by atoms with Crippen LogP contribution in [0.3, 0.4) is 0 Å². The molecule has 0 heterocycles. The van der Waals surface area contributed by atoms with Crippen LogP contribution in [0.2, 0.25) is 0 Å². The quantitative estimate of drug-likeness (QED) is 0.111. The maximum absolute atomic E-state index is 13.1. The molecule has 0 aliphatic rings. The second-order valence-electron chi connectivity index (χ2n) is 8.98. The Morgan fingerprint density at radius 1 is 0.605 bits per heavy atom. The summed E-state index contributed by atoms with van der Waals surface area (Å²) >= 11 is 0. The first-order valence-corrected chi connectivity index (χ1v) is 14.8. The molecule has 0 spiro atoms. The van der Waals surface area contributed by atoms with Gasteiger partial charge in [-0.05, 0) is 78.8 Å². The number of aliphatic hydroxyl groups excluding tert-OH is 1. The molecule has 0 fully saturated rings. The number of hydrogen-bond donors (Lipinski definition) is 1. The van der Waals surface area contributed by atoms with E-state index in [2.05, 4.69) is 52.6 Å². The lowest BCUT2D eigenvalue weighted by molar-refractivity contribution is 0.243. The summed E-state index contributed by atoms with van der Waals surface area (Å²) in [7, 11) is -4.00. The average Bonchev–Trinajstić information content (AvgIpc) is 2.99. The third kappa shape index (κ3) is 11.9. The minimum atomic E-state index is -4.00.